The smallest absolute Gasteiger partial charge is 0.343 e. The maximum absolute atomic E-state index is 14.0. The van der Waals surface area contributed by atoms with Gasteiger partial charge < -0.3 is 18.8 Å². The summed E-state index contributed by atoms with van der Waals surface area (Å²) >= 11 is 0. The van der Waals surface area contributed by atoms with Crippen LogP contribution in [0.2, 0.25) is 18.1 Å². The number of aromatic nitrogens is 2. The molecule has 8 heteroatoms. The molecule has 2 aliphatic heterocycles. The van der Waals surface area contributed by atoms with E-state index in [-0.39, 0.29) is 17.2 Å². The van der Waals surface area contributed by atoms with Crippen molar-refractivity contribution in [2.75, 3.05) is 13.2 Å². The van der Waals surface area contributed by atoms with Crippen LogP contribution in [0.3, 0.4) is 0 Å². The molecular weight excluding hydrogens is 496 g/mol. The van der Waals surface area contributed by atoms with Crippen LogP contribution in [0.5, 0.6) is 5.75 Å². The first-order valence-electron chi connectivity index (χ1n) is 13.6. The molecule has 5 rings (SSSR count). The van der Waals surface area contributed by atoms with E-state index in [4.69, 9.17) is 19.2 Å². The Bertz CT molecular complexity index is 1520. The van der Waals surface area contributed by atoms with Gasteiger partial charge in [0.15, 0.2) is 5.60 Å². The van der Waals surface area contributed by atoms with Gasteiger partial charge in [0.25, 0.3) is 5.56 Å². The lowest BCUT2D eigenvalue weighted by Crippen LogP contribution is -2.51. The highest BCUT2D eigenvalue weighted by molar-refractivity contribution is 6.94. The summed E-state index contributed by atoms with van der Waals surface area (Å²) in [7, 11) is -2.11. The Morgan fingerprint density at radius 1 is 1.08 bits per heavy atom. The molecule has 0 N–H and O–H groups in total. The van der Waals surface area contributed by atoms with Crippen LogP contribution in [-0.4, -0.2) is 36.8 Å². The third-order valence-corrected chi connectivity index (χ3v) is 14.4. The first-order chi connectivity index (χ1) is 17.9. The molecular formula is C30H38N2O5Si. The average molecular weight is 535 g/mol. The second-order valence-corrected chi connectivity index (χ2v) is 17.1. The second kappa shape index (κ2) is 9.05. The Morgan fingerprint density at radius 3 is 2.45 bits per heavy atom. The lowest BCUT2D eigenvalue weighted by atomic mass is 9.85. The molecule has 1 aromatic carbocycles. The lowest BCUT2D eigenvalue weighted by Gasteiger charge is -2.39. The molecule has 1 atom stereocenters. The summed E-state index contributed by atoms with van der Waals surface area (Å²) in [5, 5.41) is 2.47. The number of cyclic esters (lactones) is 1. The minimum absolute atomic E-state index is 0.0410. The Kier molecular flexibility index (Phi) is 6.34. The van der Waals surface area contributed by atoms with Crippen LogP contribution in [-0.2, 0) is 33.0 Å². The third kappa shape index (κ3) is 3.67. The molecule has 4 heterocycles. The SMILES string of the molecule is CCOc1ccc2nc3c(c([Si](C)(C)C(C)(C)C)c2c1)Cn1c-3cc2c(c1=O)COC(=O)[C@@]2(CC)OCC. The summed E-state index contributed by atoms with van der Waals surface area (Å²) in [6.07, 6.45) is 0.378. The minimum atomic E-state index is -2.11. The Balaban J connectivity index is 1.85. The summed E-state index contributed by atoms with van der Waals surface area (Å²) in [4.78, 5) is 32.1. The zero-order chi connectivity index (χ0) is 27.6. The number of fused-ring (bicyclic) bond motifs is 5. The second-order valence-electron chi connectivity index (χ2n) is 11.8. The van der Waals surface area contributed by atoms with Gasteiger partial charge in [0, 0.05) is 17.6 Å². The summed E-state index contributed by atoms with van der Waals surface area (Å²) in [5.74, 6) is 0.388. The molecule has 0 bridgehead atoms. The van der Waals surface area contributed by atoms with Crippen molar-refractivity contribution in [2.45, 2.75) is 84.8 Å². The average Bonchev–Trinajstić information content (AvgIpc) is 3.22. The molecule has 0 fully saturated rings. The highest BCUT2D eigenvalue weighted by Crippen LogP contribution is 2.43. The van der Waals surface area contributed by atoms with Gasteiger partial charge in [-0.15, -0.1) is 0 Å². The summed E-state index contributed by atoms with van der Waals surface area (Å²) in [6.45, 7) is 18.8. The highest BCUT2D eigenvalue weighted by Gasteiger charge is 2.48. The number of benzene rings is 1. The van der Waals surface area contributed by atoms with Gasteiger partial charge in [-0.05, 0) is 60.3 Å². The van der Waals surface area contributed by atoms with Crippen molar-refractivity contribution in [2.24, 2.45) is 0 Å². The van der Waals surface area contributed by atoms with E-state index in [1.54, 1.807) is 4.57 Å². The fraction of sp³-hybridized carbons (Fsp3) is 0.500. The number of esters is 1. The van der Waals surface area contributed by atoms with E-state index in [0.29, 0.717) is 37.3 Å². The molecule has 0 spiro atoms. The number of hydrogen-bond donors (Lipinski definition) is 0. The normalized spacial score (nSPS) is 18.7. The van der Waals surface area contributed by atoms with Crippen molar-refractivity contribution in [3.8, 4) is 17.1 Å². The third-order valence-electron chi connectivity index (χ3n) is 8.83. The van der Waals surface area contributed by atoms with Crippen LogP contribution in [0.4, 0.5) is 0 Å². The molecule has 0 aliphatic carbocycles. The monoisotopic (exact) mass is 534 g/mol. The van der Waals surface area contributed by atoms with Gasteiger partial charge in [0.1, 0.15) is 12.4 Å². The van der Waals surface area contributed by atoms with E-state index in [0.717, 1.165) is 33.6 Å². The number of pyridine rings is 2. The number of rotatable bonds is 6. The molecule has 0 radical (unpaired) electrons. The molecule has 2 aliphatic rings. The van der Waals surface area contributed by atoms with Crippen molar-refractivity contribution in [3.05, 3.63) is 51.3 Å². The van der Waals surface area contributed by atoms with Crippen molar-refractivity contribution in [3.63, 3.8) is 0 Å². The first-order valence-corrected chi connectivity index (χ1v) is 16.6. The van der Waals surface area contributed by atoms with Crippen LogP contribution in [0.15, 0.2) is 29.1 Å². The van der Waals surface area contributed by atoms with Gasteiger partial charge in [0.05, 0.1) is 43.7 Å². The molecule has 0 saturated heterocycles. The maximum atomic E-state index is 14.0. The van der Waals surface area contributed by atoms with E-state index in [2.05, 4.69) is 39.9 Å². The van der Waals surface area contributed by atoms with E-state index in [1.807, 2.05) is 39.0 Å². The van der Waals surface area contributed by atoms with Crippen molar-refractivity contribution < 1.29 is 19.0 Å². The summed E-state index contributed by atoms with van der Waals surface area (Å²) < 4.78 is 19.2. The zero-order valence-electron chi connectivity index (χ0n) is 23.8. The highest BCUT2D eigenvalue weighted by atomic mass is 28.3. The Morgan fingerprint density at radius 2 is 1.82 bits per heavy atom. The van der Waals surface area contributed by atoms with Gasteiger partial charge in [-0.2, -0.15) is 0 Å². The number of carbonyl (C=O) groups excluding carboxylic acids is 1. The molecule has 7 nitrogen and oxygen atoms in total. The molecule has 202 valence electrons. The van der Waals surface area contributed by atoms with Gasteiger partial charge in [-0.3, -0.25) is 4.79 Å². The van der Waals surface area contributed by atoms with Crippen molar-refractivity contribution in [1.29, 1.82) is 0 Å². The quantitative estimate of drug-likeness (QED) is 0.249. The fourth-order valence-electron chi connectivity index (χ4n) is 5.88. The molecule has 3 aromatic rings. The van der Waals surface area contributed by atoms with Crippen molar-refractivity contribution in [1.82, 2.24) is 9.55 Å². The van der Waals surface area contributed by atoms with Crippen LogP contribution in [0.1, 0.15) is 64.7 Å². The predicted molar refractivity (Wildman–Crippen MR) is 152 cm³/mol. The standard InChI is InChI=1S/C30H38N2O5Si/c1-9-30(37-11-3)22-15-24-25-20(16-32(24)27(33)21(22)17-36-28(30)34)26(38(7,8)29(4,5)6)19-14-18(35-10-2)12-13-23(19)31-25/h12-15H,9-11,16-17H2,1-8H3/t30-/m0/s1. The number of ether oxygens (including phenoxy) is 3. The molecule has 0 unspecified atom stereocenters. The summed E-state index contributed by atoms with van der Waals surface area (Å²) in [5.41, 5.74) is 3.23. The fourth-order valence-corrected chi connectivity index (χ4v) is 8.45. The van der Waals surface area contributed by atoms with Gasteiger partial charge >= 0.3 is 5.97 Å². The largest absolute Gasteiger partial charge is 0.494 e. The van der Waals surface area contributed by atoms with Crippen LogP contribution < -0.4 is 15.5 Å². The van der Waals surface area contributed by atoms with E-state index in [1.165, 1.54) is 5.19 Å². The minimum Gasteiger partial charge on any atom is -0.494 e. The number of hydrogen-bond acceptors (Lipinski definition) is 6. The van der Waals surface area contributed by atoms with Gasteiger partial charge in [0.2, 0.25) is 0 Å². The van der Waals surface area contributed by atoms with E-state index < -0.39 is 19.6 Å². The van der Waals surface area contributed by atoms with Crippen LogP contribution in [0.25, 0.3) is 22.3 Å². The van der Waals surface area contributed by atoms with Crippen LogP contribution in [0, 0.1) is 0 Å². The maximum Gasteiger partial charge on any atom is 0.343 e. The van der Waals surface area contributed by atoms with E-state index >= 15 is 0 Å². The van der Waals surface area contributed by atoms with E-state index in [9.17, 15) is 9.59 Å². The topological polar surface area (TPSA) is 79.7 Å². The van der Waals surface area contributed by atoms with Crippen LogP contribution >= 0.6 is 0 Å². The Hall–Kier alpha value is -2.97. The summed E-state index contributed by atoms with van der Waals surface area (Å²) in [6, 6.07) is 8.06. The molecule has 38 heavy (non-hydrogen) atoms. The molecule has 0 saturated carbocycles. The van der Waals surface area contributed by atoms with Gasteiger partial charge in [-0.25, -0.2) is 9.78 Å². The Labute approximate surface area is 225 Å². The molecule has 2 aromatic heterocycles. The predicted octanol–water partition coefficient (Wildman–Crippen LogP) is 5.24. The zero-order valence-corrected chi connectivity index (χ0v) is 24.8. The number of nitrogens with zero attached hydrogens (tertiary/aromatic N) is 2. The molecule has 0 amide bonds. The first kappa shape index (κ1) is 26.6. The lowest BCUT2D eigenvalue weighted by molar-refractivity contribution is -0.180. The number of carbonyl (C=O) groups is 1. The van der Waals surface area contributed by atoms with Crippen molar-refractivity contribution >= 4 is 30.1 Å². The van der Waals surface area contributed by atoms with Gasteiger partial charge in [-0.1, -0.05) is 40.8 Å².